The summed E-state index contributed by atoms with van der Waals surface area (Å²) < 4.78 is 5.58. The summed E-state index contributed by atoms with van der Waals surface area (Å²) in [6.45, 7) is 4.63. The molecule has 3 rings (SSSR count). The maximum Gasteiger partial charge on any atom is 0.132 e. The minimum absolute atomic E-state index is 0.531. The lowest BCUT2D eigenvalue weighted by Crippen LogP contribution is -2.47. The second kappa shape index (κ2) is 4.01. The number of ether oxygens (including phenoxy) is 1. The van der Waals surface area contributed by atoms with Gasteiger partial charge in [0.2, 0.25) is 0 Å². The Morgan fingerprint density at radius 2 is 2.25 bits per heavy atom. The third kappa shape index (κ3) is 1.89. The molecule has 1 saturated carbocycles. The van der Waals surface area contributed by atoms with Gasteiger partial charge in [0, 0.05) is 18.3 Å². The predicted molar refractivity (Wildman–Crippen MR) is 61.4 cm³/mol. The van der Waals surface area contributed by atoms with Gasteiger partial charge in [-0.05, 0) is 25.7 Å². The van der Waals surface area contributed by atoms with Crippen molar-refractivity contribution >= 4 is 5.82 Å². The molecule has 1 aliphatic heterocycles. The van der Waals surface area contributed by atoms with E-state index in [1.54, 1.807) is 6.33 Å². The van der Waals surface area contributed by atoms with E-state index in [2.05, 4.69) is 20.9 Å². The zero-order valence-corrected chi connectivity index (χ0v) is 9.59. The van der Waals surface area contributed by atoms with Gasteiger partial charge in [-0.3, -0.25) is 0 Å². The van der Waals surface area contributed by atoms with E-state index in [1.165, 1.54) is 12.8 Å². The molecular formula is C12H17N3O. The summed E-state index contributed by atoms with van der Waals surface area (Å²) >= 11 is 0. The maximum absolute atomic E-state index is 5.58. The highest BCUT2D eigenvalue weighted by Crippen LogP contribution is 2.37. The maximum atomic E-state index is 5.58. The van der Waals surface area contributed by atoms with Crippen LogP contribution in [-0.2, 0) is 4.74 Å². The first-order chi connectivity index (χ1) is 7.84. The zero-order valence-electron chi connectivity index (χ0n) is 9.59. The molecule has 1 aromatic rings. The number of aromatic nitrogens is 2. The fourth-order valence-corrected chi connectivity index (χ4v) is 2.38. The van der Waals surface area contributed by atoms with E-state index < -0.39 is 0 Å². The van der Waals surface area contributed by atoms with Crippen molar-refractivity contribution in [2.24, 2.45) is 5.92 Å². The summed E-state index contributed by atoms with van der Waals surface area (Å²) in [5, 5.41) is 0. The third-order valence-corrected chi connectivity index (χ3v) is 3.42. The Hall–Kier alpha value is -1.16. The molecule has 4 nitrogen and oxygen atoms in total. The lowest BCUT2D eigenvalue weighted by molar-refractivity contribution is 0.0874. The summed E-state index contributed by atoms with van der Waals surface area (Å²) in [4.78, 5) is 10.9. The Morgan fingerprint density at radius 3 is 3.00 bits per heavy atom. The van der Waals surface area contributed by atoms with Crippen molar-refractivity contribution in [1.82, 2.24) is 9.97 Å². The fourth-order valence-electron chi connectivity index (χ4n) is 2.38. The van der Waals surface area contributed by atoms with Crippen LogP contribution in [0, 0.1) is 12.8 Å². The van der Waals surface area contributed by atoms with Crippen molar-refractivity contribution in [2.75, 3.05) is 24.7 Å². The van der Waals surface area contributed by atoms with Crippen molar-refractivity contribution in [3.05, 3.63) is 18.1 Å². The fraction of sp³-hybridized carbons (Fsp3) is 0.667. The van der Waals surface area contributed by atoms with E-state index in [-0.39, 0.29) is 0 Å². The molecule has 16 heavy (non-hydrogen) atoms. The van der Waals surface area contributed by atoms with E-state index in [9.17, 15) is 0 Å². The summed E-state index contributed by atoms with van der Waals surface area (Å²) in [5.74, 6) is 1.88. The molecular weight excluding hydrogens is 202 g/mol. The van der Waals surface area contributed by atoms with Gasteiger partial charge in [-0.25, -0.2) is 9.97 Å². The first kappa shape index (κ1) is 10.0. The molecule has 1 aliphatic carbocycles. The highest BCUT2D eigenvalue weighted by Gasteiger charge is 2.37. The number of hydrogen-bond donors (Lipinski definition) is 0. The van der Waals surface area contributed by atoms with Crippen molar-refractivity contribution < 1.29 is 4.74 Å². The van der Waals surface area contributed by atoms with Crippen molar-refractivity contribution in [1.29, 1.82) is 0 Å². The Bertz CT molecular complexity index is 378. The molecule has 0 spiro atoms. The van der Waals surface area contributed by atoms with Crippen LogP contribution in [0.1, 0.15) is 18.5 Å². The van der Waals surface area contributed by atoms with Gasteiger partial charge >= 0.3 is 0 Å². The van der Waals surface area contributed by atoms with Gasteiger partial charge in [0.15, 0.2) is 0 Å². The highest BCUT2D eigenvalue weighted by molar-refractivity contribution is 5.41. The number of anilines is 1. The molecule has 2 heterocycles. The summed E-state index contributed by atoms with van der Waals surface area (Å²) in [5.41, 5.74) is 1.03. The quantitative estimate of drug-likeness (QED) is 0.753. The molecule has 2 aliphatic rings. The number of morpholine rings is 1. The van der Waals surface area contributed by atoms with Crippen LogP contribution in [-0.4, -0.2) is 35.8 Å². The Kier molecular flexibility index (Phi) is 2.52. The molecule has 0 unspecified atom stereocenters. The standard InChI is InChI=1S/C12H17N3O/c1-9-6-12(14-8-13-9)15-4-5-16-7-11(15)10-2-3-10/h6,8,10-11H,2-5,7H2,1H3/t11-/m1/s1. The van der Waals surface area contributed by atoms with Gasteiger partial charge in [0.1, 0.15) is 12.1 Å². The molecule has 0 N–H and O–H groups in total. The number of rotatable bonds is 2. The largest absolute Gasteiger partial charge is 0.377 e. The van der Waals surface area contributed by atoms with Gasteiger partial charge < -0.3 is 9.64 Å². The van der Waals surface area contributed by atoms with Crippen LogP contribution in [0.15, 0.2) is 12.4 Å². The lowest BCUT2D eigenvalue weighted by Gasteiger charge is -2.36. The first-order valence-corrected chi connectivity index (χ1v) is 5.97. The number of aryl methyl sites for hydroxylation is 1. The molecule has 1 saturated heterocycles. The van der Waals surface area contributed by atoms with Gasteiger partial charge in [0.05, 0.1) is 19.3 Å². The smallest absolute Gasteiger partial charge is 0.132 e. The van der Waals surface area contributed by atoms with Gasteiger partial charge in [-0.1, -0.05) is 0 Å². The average Bonchev–Trinajstić information content (AvgIpc) is 3.13. The van der Waals surface area contributed by atoms with E-state index in [0.717, 1.165) is 37.2 Å². The van der Waals surface area contributed by atoms with Crippen LogP contribution in [0.2, 0.25) is 0 Å². The molecule has 0 amide bonds. The molecule has 2 fully saturated rings. The van der Waals surface area contributed by atoms with Crippen LogP contribution >= 0.6 is 0 Å². The third-order valence-electron chi connectivity index (χ3n) is 3.42. The predicted octanol–water partition coefficient (Wildman–Crippen LogP) is 1.40. The molecule has 4 heteroatoms. The van der Waals surface area contributed by atoms with Crippen LogP contribution in [0.25, 0.3) is 0 Å². The van der Waals surface area contributed by atoms with Crippen LogP contribution in [0.3, 0.4) is 0 Å². The van der Waals surface area contributed by atoms with Crippen molar-refractivity contribution in [3.63, 3.8) is 0 Å². The van der Waals surface area contributed by atoms with Crippen molar-refractivity contribution in [3.8, 4) is 0 Å². The second-order valence-electron chi connectivity index (χ2n) is 4.69. The Balaban J connectivity index is 1.85. The number of nitrogens with zero attached hydrogens (tertiary/aromatic N) is 3. The topological polar surface area (TPSA) is 38.2 Å². The SMILES string of the molecule is Cc1cc(N2CCOC[C@@H]2C2CC2)ncn1. The lowest BCUT2D eigenvalue weighted by atomic mass is 10.1. The van der Waals surface area contributed by atoms with E-state index in [1.807, 2.05) is 6.92 Å². The average molecular weight is 219 g/mol. The summed E-state index contributed by atoms with van der Waals surface area (Å²) in [6.07, 6.45) is 4.34. The van der Waals surface area contributed by atoms with Gasteiger partial charge in [-0.15, -0.1) is 0 Å². The molecule has 0 bridgehead atoms. The van der Waals surface area contributed by atoms with Crippen LogP contribution in [0.4, 0.5) is 5.82 Å². The first-order valence-electron chi connectivity index (χ1n) is 5.97. The summed E-state index contributed by atoms with van der Waals surface area (Å²) in [7, 11) is 0. The summed E-state index contributed by atoms with van der Waals surface area (Å²) in [6, 6.07) is 2.60. The minimum Gasteiger partial charge on any atom is -0.377 e. The van der Waals surface area contributed by atoms with E-state index >= 15 is 0 Å². The highest BCUT2D eigenvalue weighted by atomic mass is 16.5. The van der Waals surface area contributed by atoms with Gasteiger partial charge in [-0.2, -0.15) is 0 Å². The molecule has 86 valence electrons. The van der Waals surface area contributed by atoms with E-state index in [4.69, 9.17) is 4.74 Å². The van der Waals surface area contributed by atoms with Crippen LogP contribution in [0.5, 0.6) is 0 Å². The monoisotopic (exact) mass is 219 g/mol. The van der Waals surface area contributed by atoms with Crippen molar-refractivity contribution in [2.45, 2.75) is 25.8 Å². The van der Waals surface area contributed by atoms with E-state index in [0.29, 0.717) is 6.04 Å². The molecule has 0 radical (unpaired) electrons. The minimum atomic E-state index is 0.531. The second-order valence-corrected chi connectivity index (χ2v) is 4.69. The zero-order chi connectivity index (χ0) is 11.0. The number of hydrogen-bond acceptors (Lipinski definition) is 4. The molecule has 1 atom stereocenters. The molecule has 1 aromatic heterocycles. The van der Waals surface area contributed by atoms with Crippen LogP contribution < -0.4 is 4.90 Å². The Morgan fingerprint density at radius 1 is 1.38 bits per heavy atom. The Labute approximate surface area is 95.7 Å². The molecule has 0 aromatic carbocycles. The van der Waals surface area contributed by atoms with Gasteiger partial charge in [0.25, 0.3) is 0 Å². The normalized spacial score (nSPS) is 25.8.